The molecule has 0 amide bonds. The second-order valence-electron chi connectivity index (χ2n) is 7.34. The summed E-state index contributed by atoms with van der Waals surface area (Å²) in [6.45, 7) is 0. The smallest absolute Gasteiger partial charge is 0.0312 e. The Morgan fingerprint density at radius 2 is 0.692 bits per heavy atom. The van der Waals surface area contributed by atoms with Crippen LogP contribution in [0.15, 0.2) is 0 Å². The summed E-state index contributed by atoms with van der Waals surface area (Å²) < 4.78 is 0. The molecule has 0 unspecified atom stereocenters. The molecule has 0 aromatic heterocycles. The van der Waals surface area contributed by atoms with E-state index in [1.54, 1.807) is 6.42 Å². The van der Waals surface area contributed by atoms with E-state index in [4.69, 9.17) is 0 Å². The minimum atomic E-state index is 1.29. The normalized spacial score (nSPS) is 102. The molecule has 0 N–H and O–H groups in total. The van der Waals surface area contributed by atoms with Crippen molar-refractivity contribution in [3.05, 3.63) is 0 Å². The summed E-state index contributed by atoms with van der Waals surface area (Å²) in [7, 11) is 0. The third-order valence-electron chi connectivity index (χ3n) is 8.30. The second kappa shape index (κ2) is 1.06. The SMILES string of the molecule is C1C2C3C4C2C2C5C1C1C5C2C4C31. The van der Waals surface area contributed by atoms with Crippen LogP contribution >= 0.6 is 0 Å². The highest BCUT2D eigenvalue weighted by Gasteiger charge is 2.93. The predicted molar refractivity (Wildman–Crippen MR) is 46.5 cm³/mol. The van der Waals surface area contributed by atoms with Gasteiger partial charge >= 0.3 is 0 Å². The highest BCUT2D eigenvalue weighted by Crippen LogP contribution is 2.97. The molecular weight excluding hydrogens is 156 g/mol. The summed E-state index contributed by atoms with van der Waals surface area (Å²) in [6.07, 6.45) is 1.71. The lowest BCUT2D eigenvalue weighted by molar-refractivity contribution is -0.329. The van der Waals surface area contributed by atoms with Gasteiger partial charge in [-0.3, -0.25) is 0 Å². The molecule has 0 aromatic carbocycles. The van der Waals surface area contributed by atoms with Gasteiger partial charge in [0.2, 0.25) is 0 Å². The number of rotatable bonds is 0. The standard InChI is InChI=1S/C13H14/c1-2-4-8-6(2)11-5-3(1)7-9(5)13(11)12(8)10(4)7/h2-13H,1H2. The predicted octanol–water partition coefficient (Wildman–Crippen LogP) is 1.87. The molecule has 8 fully saturated rings. The van der Waals surface area contributed by atoms with Crippen LogP contribution in [0.2, 0.25) is 0 Å². The zero-order valence-corrected chi connectivity index (χ0v) is 7.64. The fourth-order valence-corrected chi connectivity index (χ4v) is 8.80. The molecule has 0 atom stereocenters. The lowest BCUT2D eigenvalue weighted by Crippen LogP contribution is -2.76. The van der Waals surface area contributed by atoms with E-state index in [9.17, 15) is 0 Å². The van der Waals surface area contributed by atoms with E-state index < -0.39 is 0 Å². The van der Waals surface area contributed by atoms with Crippen LogP contribution in [-0.4, -0.2) is 0 Å². The van der Waals surface area contributed by atoms with E-state index in [2.05, 4.69) is 0 Å². The molecule has 0 nitrogen and oxygen atoms in total. The van der Waals surface area contributed by atoms with Gasteiger partial charge in [-0.05, 0) is 77.4 Å². The Balaban J connectivity index is 1.70. The molecule has 8 saturated carbocycles. The maximum absolute atomic E-state index is 1.71. The van der Waals surface area contributed by atoms with E-state index in [1.165, 1.54) is 71.0 Å². The van der Waals surface area contributed by atoms with Crippen molar-refractivity contribution in [2.24, 2.45) is 71.0 Å². The lowest BCUT2D eigenvalue weighted by atomic mass is 9.25. The largest absolute Gasteiger partial charge is 0.0464 e. The highest BCUT2D eigenvalue weighted by atomic mass is 15.0. The van der Waals surface area contributed by atoms with Gasteiger partial charge in [0.1, 0.15) is 0 Å². The van der Waals surface area contributed by atoms with Crippen LogP contribution in [0.1, 0.15) is 6.42 Å². The quantitative estimate of drug-likeness (QED) is 0.520. The van der Waals surface area contributed by atoms with Crippen molar-refractivity contribution in [1.82, 2.24) is 0 Å². The second-order valence-corrected chi connectivity index (χ2v) is 7.34. The minimum Gasteiger partial charge on any atom is -0.0464 e. The molecule has 0 heteroatoms. The van der Waals surface area contributed by atoms with Crippen LogP contribution in [0.5, 0.6) is 0 Å². The van der Waals surface area contributed by atoms with Gasteiger partial charge in [-0.25, -0.2) is 0 Å². The maximum atomic E-state index is 1.71. The van der Waals surface area contributed by atoms with E-state index in [-0.39, 0.29) is 0 Å². The van der Waals surface area contributed by atoms with Crippen molar-refractivity contribution in [1.29, 1.82) is 0 Å². The number of hydrogen-bond acceptors (Lipinski definition) is 0. The molecule has 0 radical (unpaired) electrons. The van der Waals surface area contributed by atoms with Crippen molar-refractivity contribution >= 4 is 0 Å². The van der Waals surface area contributed by atoms with Crippen molar-refractivity contribution < 1.29 is 0 Å². The summed E-state index contributed by atoms with van der Waals surface area (Å²) in [5, 5.41) is 0. The molecule has 13 heavy (non-hydrogen) atoms. The zero-order valence-electron chi connectivity index (χ0n) is 7.64. The van der Waals surface area contributed by atoms with Crippen molar-refractivity contribution in [2.45, 2.75) is 6.42 Å². The van der Waals surface area contributed by atoms with Gasteiger partial charge in [-0.1, -0.05) is 0 Å². The molecule has 0 spiro atoms. The van der Waals surface area contributed by atoms with E-state index >= 15 is 0 Å². The lowest BCUT2D eigenvalue weighted by Gasteiger charge is -2.80. The van der Waals surface area contributed by atoms with Gasteiger partial charge in [0.15, 0.2) is 0 Å². The van der Waals surface area contributed by atoms with E-state index in [0.717, 1.165) is 0 Å². The van der Waals surface area contributed by atoms with Crippen molar-refractivity contribution in [3.8, 4) is 0 Å². The Morgan fingerprint density at radius 3 is 1.08 bits per heavy atom. The van der Waals surface area contributed by atoms with Crippen LogP contribution in [0, 0.1) is 71.0 Å². The summed E-state index contributed by atoms with van der Waals surface area (Å²) in [5.74, 6) is 15.8. The van der Waals surface area contributed by atoms with Crippen molar-refractivity contribution in [2.75, 3.05) is 0 Å². The van der Waals surface area contributed by atoms with Crippen LogP contribution in [0.4, 0.5) is 0 Å². The van der Waals surface area contributed by atoms with Gasteiger partial charge in [-0.2, -0.15) is 0 Å². The molecule has 8 rings (SSSR count). The summed E-state index contributed by atoms with van der Waals surface area (Å²) in [4.78, 5) is 0. The van der Waals surface area contributed by atoms with Gasteiger partial charge in [0.05, 0.1) is 0 Å². The fraction of sp³-hybridized carbons (Fsp3) is 1.00. The zero-order chi connectivity index (χ0) is 7.64. The van der Waals surface area contributed by atoms with Crippen LogP contribution in [0.3, 0.4) is 0 Å². The first kappa shape index (κ1) is 5.19. The monoisotopic (exact) mass is 170 g/mol. The summed E-state index contributed by atoms with van der Waals surface area (Å²) in [6, 6.07) is 0. The summed E-state index contributed by atoms with van der Waals surface area (Å²) >= 11 is 0. The van der Waals surface area contributed by atoms with Crippen molar-refractivity contribution in [3.63, 3.8) is 0 Å². The molecule has 8 aliphatic carbocycles. The fourth-order valence-electron chi connectivity index (χ4n) is 8.80. The Morgan fingerprint density at radius 1 is 0.385 bits per heavy atom. The average Bonchev–Trinajstić information content (AvgIpc) is 2.30. The van der Waals surface area contributed by atoms with Gasteiger partial charge in [0.25, 0.3) is 0 Å². The molecule has 0 saturated heterocycles. The molecule has 8 aliphatic rings. The highest BCUT2D eigenvalue weighted by molar-refractivity contribution is 5.40. The van der Waals surface area contributed by atoms with E-state index in [1.807, 2.05) is 0 Å². The Labute approximate surface area is 78.1 Å². The third-order valence-corrected chi connectivity index (χ3v) is 8.30. The topological polar surface area (TPSA) is 0 Å². The Kier molecular flexibility index (Phi) is 0.423. The maximum Gasteiger partial charge on any atom is -0.0312 e. The third kappa shape index (κ3) is 0.231. The number of hydrogen-bond donors (Lipinski definition) is 0. The Bertz CT molecular complexity index is 322. The first-order valence-electron chi connectivity index (χ1n) is 6.48. The molecule has 0 heterocycles. The van der Waals surface area contributed by atoms with Gasteiger partial charge in [-0.15, -0.1) is 0 Å². The molecule has 66 valence electrons. The van der Waals surface area contributed by atoms with Gasteiger partial charge < -0.3 is 0 Å². The Hall–Kier alpha value is 0. The van der Waals surface area contributed by atoms with Gasteiger partial charge in [0, 0.05) is 0 Å². The average molecular weight is 170 g/mol. The first-order valence-corrected chi connectivity index (χ1v) is 6.48. The molecular formula is C13H14. The molecule has 0 aliphatic heterocycles. The van der Waals surface area contributed by atoms with E-state index in [0.29, 0.717) is 0 Å². The molecule has 2 bridgehead atoms. The molecule has 0 aromatic rings. The first-order chi connectivity index (χ1) is 6.48. The van der Waals surface area contributed by atoms with Crippen LogP contribution in [0.25, 0.3) is 0 Å². The minimum absolute atomic E-state index is 1.29. The van der Waals surface area contributed by atoms with Crippen LogP contribution in [-0.2, 0) is 0 Å². The van der Waals surface area contributed by atoms with Crippen LogP contribution < -0.4 is 0 Å². The summed E-state index contributed by atoms with van der Waals surface area (Å²) in [5.41, 5.74) is 0.